The van der Waals surface area contributed by atoms with Gasteiger partial charge in [-0.05, 0) is 63.3 Å². The van der Waals surface area contributed by atoms with Gasteiger partial charge in [-0.25, -0.2) is 0 Å². The normalized spacial score (nSPS) is 11.9. The van der Waals surface area contributed by atoms with E-state index >= 15 is 0 Å². The zero-order valence-electron chi connectivity index (χ0n) is 14.4. The van der Waals surface area contributed by atoms with Gasteiger partial charge in [-0.2, -0.15) is 0 Å². The third kappa shape index (κ3) is 4.52. The SMILES string of the molecule is CSc1cccc(N[C@@H](C)C(=O)Nc2c(C)cc(C)cc2C)c1. The van der Waals surface area contributed by atoms with Crippen LogP contribution in [0.25, 0.3) is 0 Å². The van der Waals surface area contributed by atoms with Crippen LogP contribution in [0, 0.1) is 20.8 Å². The Kier molecular flexibility index (Phi) is 5.72. The van der Waals surface area contributed by atoms with Crippen molar-refractivity contribution in [2.24, 2.45) is 0 Å². The van der Waals surface area contributed by atoms with Crippen LogP contribution in [-0.4, -0.2) is 18.2 Å². The Hall–Kier alpha value is -1.94. The first-order valence-corrected chi connectivity index (χ1v) is 8.92. The van der Waals surface area contributed by atoms with Gasteiger partial charge in [-0.15, -0.1) is 11.8 Å². The Balaban J connectivity index is 2.08. The van der Waals surface area contributed by atoms with E-state index in [1.807, 2.05) is 39.2 Å². The Labute approximate surface area is 142 Å². The predicted molar refractivity (Wildman–Crippen MR) is 101 cm³/mol. The van der Waals surface area contributed by atoms with Crippen LogP contribution in [0.4, 0.5) is 11.4 Å². The van der Waals surface area contributed by atoms with Gasteiger partial charge in [0.1, 0.15) is 6.04 Å². The average Bonchev–Trinajstić information content (AvgIpc) is 2.50. The molecule has 0 unspecified atom stereocenters. The zero-order valence-corrected chi connectivity index (χ0v) is 15.2. The first-order valence-electron chi connectivity index (χ1n) is 7.70. The molecular formula is C19H24N2OS. The zero-order chi connectivity index (χ0) is 17.0. The summed E-state index contributed by atoms with van der Waals surface area (Å²) >= 11 is 1.69. The number of carbonyl (C=O) groups excluding carboxylic acids is 1. The number of anilines is 2. The smallest absolute Gasteiger partial charge is 0.246 e. The largest absolute Gasteiger partial charge is 0.374 e. The lowest BCUT2D eigenvalue weighted by Gasteiger charge is -2.18. The fourth-order valence-corrected chi connectivity index (χ4v) is 3.10. The molecule has 0 fully saturated rings. The van der Waals surface area contributed by atoms with Crippen molar-refractivity contribution < 1.29 is 4.79 Å². The molecule has 1 atom stereocenters. The van der Waals surface area contributed by atoms with Crippen LogP contribution in [0.5, 0.6) is 0 Å². The lowest BCUT2D eigenvalue weighted by Crippen LogP contribution is -2.32. The van der Waals surface area contributed by atoms with E-state index in [4.69, 9.17) is 0 Å². The van der Waals surface area contributed by atoms with Gasteiger partial charge in [0.15, 0.2) is 0 Å². The van der Waals surface area contributed by atoms with Gasteiger partial charge in [-0.1, -0.05) is 23.8 Å². The number of carbonyl (C=O) groups is 1. The number of amides is 1. The number of rotatable bonds is 5. The molecule has 0 saturated carbocycles. The summed E-state index contributed by atoms with van der Waals surface area (Å²) in [5, 5.41) is 6.31. The highest BCUT2D eigenvalue weighted by molar-refractivity contribution is 7.98. The van der Waals surface area contributed by atoms with Crippen LogP contribution in [0.15, 0.2) is 41.3 Å². The van der Waals surface area contributed by atoms with Gasteiger partial charge >= 0.3 is 0 Å². The van der Waals surface area contributed by atoms with Crippen molar-refractivity contribution in [3.05, 3.63) is 53.1 Å². The Morgan fingerprint density at radius 3 is 2.35 bits per heavy atom. The molecule has 0 aliphatic carbocycles. The van der Waals surface area contributed by atoms with Crippen LogP contribution in [0.1, 0.15) is 23.6 Å². The minimum Gasteiger partial charge on any atom is -0.374 e. The fraction of sp³-hybridized carbons (Fsp3) is 0.316. The summed E-state index contributed by atoms with van der Waals surface area (Å²) in [5.41, 5.74) is 5.25. The van der Waals surface area contributed by atoms with E-state index in [1.165, 1.54) is 10.5 Å². The molecule has 0 radical (unpaired) electrons. The molecule has 1 amide bonds. The molecule has 2 aromatic rings. The van der Waals surface area contributed by atoms with E-state index in [0.29, 0.717) is 0 Å². The van der Waals surface area contributed by atoms with Crippen molar-refractivity contribution in [1.82, 2.24) is 0 Å². The predicted octanol–water partition coefficient (Wildman–Crippen LogP) is 4.77. The maximum atomic E-state index is 12.5. The standard InChI is InChI=1S/C19H24N2OS/c1-12-9-13(2)18(14(3)10-12)21-19(22)15(4)20-16-7-6-8-17(11-16)23-5/h6-11,15,20H,1-5H3,(H,21,22)/t15-/m0/s1. The van der Waals surface area contributed by atoms with E-state index in [0.717, 1.165) is 22.5 Å². The van der Waals surface area contributed by atoms with E-state index < -0.39 is 0 Å². The minimum absolute atomic E-state index is 0.0328. The molecule has 0 spiro atoms. The quantitative estimate of drug-likeness (QED) is 0.777. The Morgan fingerprint density at radius 1 is 1.09 bits per heavy atom. The van der Waals surface area contributed by atoms with Crippen molar-refractivity contribution in [1.29, 1.82) is 0 Å². The molecule has 2 N–H and O–H groups in total. The fourth-order valence-electron chi connectivity index (χ4n) is 2.64. The summed E-state index contributed by atoms with van der Waals surface area (Å²) in [6.45, 7) is 7.99. The van der Waals surface area contributed by atoms with E-state index in [1.54, 1.807) is 11.8 Å². The first kappa shape index (κ1) is 17.4. The number of benzene rings is 2. The van der Waals surface area contributed by atoms with Gasteiger partial charge in [-0.3, -0.25) is 4.79 Å². The summed E-state index contributed by atoms with van der Waals surface area (Å²) in [7, 11) is 0. The molecule has 0 heterocycles. The van der Waals surface area contributed by atoms with Crippen LogP contribution in [-0.2, 0) is 4.79 Å². The summed E-state index contributed by atoms with van der Waals surface area (Å²) in [6, 6.07) is 11.9. The van der Waals surface area contributed by atoms with E-state index in [9.17, 15) is 4.79 Å². The molecule has 0 bridgehead atoms. The van der Waals surface area contributed by atoms with Crippen molar-refractivity contribution in [3.8, 4) is 0 Å². The van der Waals surface area contributed by atoms with Crippen molar-refractivity contribution in [3.63, 3.8) is 0 Å². The van der Waals surface area contributed by atoms with E-state index in [-0.39, 0.29) is 11.9 Å². The van der Waals surface area contributed by atoms with Gasteiger partial charge in [0.05, 0.1) is 0 Å². The lowest BCUT2D eigenvalue weighted by molar-refractivity contribution is -0.116. The topological polar surface area (TPSA) is 41.1 Å². The number of aryl methyl sites for hydroxylation is 3. The maximum Gasteiger partial charge on any atom is 0.246 e. The van der Waals surface area contributed by atoms with Crippen LogP contribution >= 0.6 is 11.8 Å². The number of hydrogen-bond acceptors (Lipinski definition) is 3. The molecule has 0 saturated heterocycles. The highest BCUT2D eigenvalue weighted by Crippen LogP contribution is 2.23. The molecule has 2 rings (SSSR count). The highest BCUT2D eigenvalue weighted by Gasteiger charge is 2.15. The second kappa shape index (κ2) is 7.55. The summed E-state index contributed by atoms with van der Waals surface area (Å²) in [5.74, 6) is -0.0328. The van der Waals surface area contributed by atoms with Crippen molar-refractivity contribution in [2.45, 2.75) is 38.6 Å². The summed E-state index contributed by atoms with van der Waals surface area (Å²) < 4.78 is 0. The summed E-state index contributed by atoms with van der Waals surface area (Å²) in [6.07, 6.45) is 2.04. The minimum atomic E-state index is -0.313. The van der Waals surface area contributed by atoms with Crippen LogP contribution in [0.3, 0.4) is 0 Å². The van der Waals surface area contributed by atoms with E-state index in [2.05, 4.69) is 41.8 Å². The second-order valence-corrected chi connectivity index (χ2v) is 6.74. The molecule has 23 heavy (non-hydrogen) atoms. The second-order valence-electron chi connectivity index (χ2n) is 5.86. The number of nitrogens with one attached hydrogen (secondary N) is 2. The van der Waals surface area contributed by atoms with Gasteiger partial charge in [0.2, 0.25) is 5.91 Å². The van der Waals surface area contributed by atoms with Gasteiger partial charge in [0, 0.05) is 16.3 Å². The average molecular weight is 328 g/mol. The van der Waals surface area contributed by atoms with Crippen LogP contribution < -0.4 is 10.6 Å². The molecule has 0 aliphatic heterocycles. The molecular weight excluding hydrogens is 304 g/mol. The van der Waals surface area contributed by atoms with Crippen molar-refractivity contribution >= 4 is 29.0 Å². The molecule has 122 valence electrons. The maximum absolute atomic E-state index is 12.5. The van der Waals surface area contributed by atoms with Gasteiger partial charge < -0.3 is 10.6 Å². The number of hydrogen-bond donors (Lipinski definition) is 2. The van der Waals surface area contributed by atoms with Gasteiger partial charge in [0.25, 0.3) is 0 Å². The highest BCUT2D eigenvalue weighted by atomic mass is 32.2. The molecule has 0 aromatic heterocycles. The Morgan fingerprint density at radius 2 is 1.74 bits per heavy atom. The molecule has 4 heteroatoms. The lowest BCUT2D eigenvalue weighted by atomic mass is 10.0. The molecule has 3 nitrogen and oxygen atoms in total. The molecule has 0 aliphatic rings. The summed E-state index contributed by atoms with van der Waals surface area (Å²) in [4.78, 5) is 13.7. The molecule has 2 aromatic carbocycles. The number of thioether (sulfide) groups is 1. The monoisotopic (exact) mass is 328 g/mol. The third-order valence-corrected chi connectivity index (χ3v) is 4.50. The first-order chi connectivity index (χ1) is 10.9. The van der Waals surface area contributed by atoms with Crippen molar-refractivity contribution in [2.75, 3.05) is 16.9 Å². The van der Waals surface area contributed by atoms with Crippen LogP contribution in [0.2, 0.25) is 0 Å². The Bertz CT molecular complexity index is 689. The third-order valence-electron chi connectivity index (χ3n) is 3.77.